The number of fused-ring (bicyclic) bond motifs is 5. The lowest BCUT2D eigenvalue weighted by atomic mass is 9.72. The standard InChI is InChI=1S/C28H28O3/c1-29-24-15-16-28(31-3,18-19-9-5-4-6-10-19)23-14-13-22-21-12-8-7-11-20(21)17-25(30-2)26(22)27(23)24/h4-14,17,24H,15-16,18H2,1-3H3. The van der Waals surface area contributed by atoms with E-state index in [1.807, 2.05) is 7.11 Å². The Labute approximate surface area is 183 Å². The van der Waals surface area contributed by atoms with Gasteiger partial charge in [-0.25, -0.2) is 0 Å². The summed E-state index contributed by atoms with van der Waals surface area (Å²) in [5.41, 5.74) is 3.29. The monoisotopic (exact) mass is 412 g/mol. The van der Waals surface area contributed by atoms with Crippen LogP contribution in [0.25, 0.3) is 21.5 Å². The molecule has 1 aliphatic carbocycles. The molecule has 31 heavy (non-hydrogen) atoms. The zero-order chi connectivity index (χ0) is 21.4. The number of methoxy groups -OCH3 is 3. The van der Waals surface area contributed by atoms with E-state index in [9.17, 15) is 0 Å². The molecule has 0 saturated carbocycles. The second-order valence-corrected chi connectivity index (χ2v) is 8.37. The predicted octanol–water partition coefficient (Wildman–Crippen LogP) is 6.57. The number of hydrogen-bond donors (Lipinski definition) is 0. The molecule has 0 radical (unpaired) electrons. The second-order valence-electron chi connectivity index (χ2n) is 8.37. The molecule has 0 heterocycles. The molecule has 158 valence electrons. The van der Waals surface area contributed by atoms with Gasteiger partial charge in [-0.05, 0) is 51.8 Å². The first-order chi connectivity index (χ1) is 15.2. The van der Waals surface area contributed by atoms with Gasteiger partial charge in [-0.2, -0.15) is 0 Å². The number of rotatable bonds is 5. The average Bonchev–Trinajstić information content (AvgIpc) is 2.83. The van der Waals surface area contributed by atoms with Crippen molar-refractivity contribution in [1.29, 1.82) is 0 Å². The third-order valence-corrected chi connectivity index (χ3v) is 6.88. The van der Waals surface area contributed by atoms with Gasteiger partial charge in [-0.1, -0.05) is 66.7 Å². The van der Waals surface area contributed by atoms with Gasteiger partial charge in [-0.3, -0.25) is 0 Å². The lowest BCUT2D eigenvalue weighted by Crippen LogP contribution is -2.37. The van der Waals surface area contributed by atoms with Gasteiger partial charge < -0.3 is 14.2 Å². The maximum atomic E-state index is 6.32. The largest absolute Gasteiger partial charge is 0.496 e. The summed E-state index contributed by atoms with van der Waals surface area (Å²) >= 11 is 0. The molecule has 3 heteroatoms. The summed E-state index contributed by atoms with van der Waals surface area (Å²) in [6, 6.07) is 25.7. The minimum atomic E-state index is -0.392. The van der Waals surface area contributed by atoms with E-state index in [1.54, 1.807) is 14.2 Å². The van der Waals surface area contributed by atoms with Crippen LogP contribution in [0.1, 0.15) is 35.6 Å². The Morgan fingerprint density at radius 1 is 0.871 bits per heavy atom. The van der Waals surface area contributed by atoms with Crippen LogP contribution in [0.5, 0.6) is 5.75 Å². The van der Waals surface area contributed by atoms with E-state index >= 15 is 0 Å². The maximum Gasteiger partial charge on any atom is 0.127 e. The summed E-state index contributed by atoms with van der Waals surface area (Å²) in [6.07, 6.45) is 2.65. The van der Waals surface area contributed by atoms with E-state index in [0.717, 1.165) is 30.4 Å². The summed E-state index contributed by atoms with van der Waals surface area (Å²) in [5.74, 6) is 0.888. The van der Waals surface area contributed by atoms with Gasteiger partial charge in [-0.15, -0.1) is 0 Å². The Kier molecular flexibility index (Phi) is 5.17. The van der Waals surface area contributed by atoms with Gasteiger partial charge in [0.1, 0.15) is 5.75 Å². The van der Waals surface area contributed by atoms with Crippen LogP contribution >= 0.6 is 0 Å². The molecular weight excluding hydrogens is 384 g/mol. The highest BCUT2D eigenvalue weighted by Crippen LogP contribution is 2.50. The maximum absolute atomic E-state index is 6.32. The summed E-state index contributed by atoms with van der Waals surface area (Å²) in [5, 5.41) is 4.74. The number of hydrogen-bond acceptors (Lipinski definition) is 3. The van der Waals surface area contributed by atoms with Gasteiger partial charge in [0.25, 0.3) is 0 Å². The molecule has 0 spiro atoms. The van der Waals surface area contributed by atoms with Gasteiger partial charge in [0.2, 0.25) is 0 Å². The van der Waals surface area contributed by atoms with Crippen LogP contribution in [-0.2, 0) is 21.5 Å². The SMILES string of the molecule is COc1cc2ccccc2c2ccc3c(c12)C(OC)CCC3(Cc1ccccc1)OC. The number of benzene rings is 4. The fourth-order valence-corrected chi connectivity index (χ4v) is 5.36. The van der Waals surface area contributed by atoms with Gasteiger partial charge in [0.15, 0.2) is 0 Å². The molecule has 2 atom stereocenters. The molecule has 1 aliphatic rings. The molecule has 0 amide bonds. The summed E-state index contributed by atoms with van der Waals surface area (Å²) in [7, 11) is 5.39. The van der Waals surface area contributed by atoms with Crippen LogP contribution in [0, 0.1) is 0 Å². The molecule has 4 aromatic carbocycles. The third kappa shape index (κ3) is 3.20. The Bertz CT molecular complexity index is 1230. The molecule has 0 aliphatic heterocycles. The van der Waals surface area contributed by atoms with E-state index in [4.69, 9.17) is 14.2 Å². The summed E-state index contributed by atoms with van der Waals surface area (Å²) < 4.78 is 18.2. The van der Waals surface area contributed by atoms with Crippen molar-refractivity contribution in [1.82, 2.24) is 0 Å². The van der Waals surface area contributed by atoms with Crippen molar-refractivity contribution in [3.8, 4) is 5.75 Å². The quantitative estimate of drug-likeness (QED) is 0.347. The van der Waals surface area contributed by atoms with Crippen molar-refractivity contribution >= 4 is 21.5 Å². The van der Waals surface area contributed by atoms with Crippen molar-refractivity contribution < 1.29 is 14.2 Å². The van der Waals surface area contributed by atoms with Crippen LogP contribution in [0.2, 0.25) is 0 Å². The van der Waals surface area contributed by atoms with Crippen LogP contribution in [0.3, 0.4) is 0 Å². The number of ether oxygens (including phenoxy) is 3. The topological polar surface area (TPSA) is 27.7 Å². The molecule has 0 N–H and O–H groups in total. The van der Waals surface area contributed by atoms with Crippen molar-refractivity contribution in [2.75, 3.05) is 21.3 Å². The molecule has 5 rings (SSSR count). The van der Waals surface area contributed by atoms with Crippen LogP contribution in [0.4, 0.5) is 0 Å². The van der Waals surface area contributed by atoms with E-state index in [-0.39, 0.29) is 6.10 Å². The Balaban J connectivity index is 1.82. The van der Waals surface area contributed by atoms with Crippen LogP contribution in [-0.4, -0.2) is 21.3 Å². The third-order valence-electron chi connectivity index (χ3n) is 6.88. The molecule has 4 aromatic rings. The van der Waals surface area contributed by atoms with Crippen molar-refractivity contribution in [3.05, 3.63) is 89.5 Å². The highest BCUT2D eigenvalue weighted by Gasteiger charge is 2.41. The second kappa shape index (κ2) is 7.99. The molecule has 0 aromatic heterocycles. The van der Waals surface area contributed by atoms with Gasteiger partial charge in [0, 0.05) is 26.0 Å². The first kappa shape index (κ1) is 20.0. The molecule has 0 fully saturated rings. The molecular formula is C28H28O3. The lowest BCUT2D eigenvalue weighted by Gasteiger charge is -2.41. The van der Waals surface area contributed by atoms with Crippen LogP contribution in [0.15, 0.2) is 72.8 Å². The fourth-order valence-electron chi connectivity index (χ4n) is 5.36. The van der Waals surface area contributed by atoms with E-state index in [2.05, 4.69) is 72.8 Å². The summed E-state index contributed by atoms with van der Waals surface area (Å²) in [4.78, 5) is 0. The van der Waals surface area contributed by atoms with Crippen molar-refractivity contribution in [2.24, 2.45) is 0 Å². The van der Waals surface area contributed by atoms with E-state index in [0.29, 0.717) is 0 Å². The highest BCUT2D eigenvalue weighted by atomic mass is 16.5. The van der Waals surface area contributed by atoms with Gasteiger partial charge in [0.05, 0.1) is 18.8 Å². The van der Waals surface area contributed by atoms with E-state index in [1.165, 1.54) is 32.8 Å². The highest BCUT2D eigenvalue weighted by molar-refractivity contribution is 6.12. The molecule has 0 bridgehead atoms. The minimum Gasteiger partial charge on any atom is -0.496 e. The Hall–Kier alpha value is -2.88. The first-order valence-electron chi connectivity index (χ1n) is 10.9. The molecule has 2 unspecified atom stereocenters. The van der Waals surface area contributed by atoms with Crippen LogP contribution < -0.4 is 4.74 Å². The zero-order valence-electron chi connectivity index (χ0n) is 18.4. The van der Waals surface area contributed by atoms with E-state index < -0.39 is 5.60 Å². The normalized spacial score (nSPS) is 20.7. The Morgan fingerprint density at radius 3 is 2.39 bits per heavy atom. The van der Waals surface area contributed by atoms with Gasteiger partial charge >= 0.3 is 0 Å². The Morgan fingerprint density at radius 2 is 1.65 bits per heavy atom. The van der Waals surface area contributed by atoms with Crippen molar-refractivity contribution in [3.63, 3.8) is 0 Å². The zero-order valence-corrected chi connectivity index (χ0v) is 18.4. The first-order valence-corrected chi connectivity index (χ1v) is 10.9. The smallest absolute Gasteiger partial charge is 0.127 e. The lowest BCUT2D eigenvalue weighted by molar-refractivity contribution is -0.0503. The summed E-state index contributed by atoms with van der Waals surface area (Å²) in [6.45, 7) is 0. The fraction of sp³-hybridized carbons (Fsp3) is 0.286. The minimum absolute atomic E-state index is 0.00723. The predicted molar refractivity (Wildman–Crippen MR) is 126 cm³/mol. The molecule has 3 nitrogen and oxygen atoms in total. The van der Waals surface area contributed by atoms with Crippen molar-refractivity contribution in [2.45, 2.75) is 31.0 Å². The average molecular weight is 413 g/mol. The molecule has 0 saturated heterocycles.